The van der Waals surface area contributed by atoms with Gasteiger partial charge in [-0.05, 0) is 37.8 Å². The van der Waals surface area contributed by atoms with Crippen molar-refractivity contribution >= 4 is 11.4 Å². The summed E-state index contributed by atoms with van der Waals surface area (Å²) in [6.45, 7) is 8.28. The highest BCUT2D eigenvalue weighted by atomic mass is 16.6. The van der Waals surface area contributed by atoms with Crippen molar-refractivity contribution in [1.29, 1.82) is 0 Å². The van der Waals surface area contributed by atoms with E-state index >= 15 is 0 Å². The lowest BCUT2D eigenvalue weighted by molar-refractivity contribution is -0.384. The van der Waals surface area contributed by atoms with Crippen LogP contribution in [0.1, 0.15) is 32.8 Å². The maximum atomic E-state index is 10.7. The Morgan fingerprint density at radius 1 is 1.29 bits per heavy atom. The molecule has 0 bridgehead atoms. The molecule has 0 aliphatic rings. The molecular formula is C13H20N2O2. The molecule has 0 aliphatic carbocycles. The van der Waals surface area contributed by atoms with E-state index in [0.29, 0.717) is 12.0 Å². The van der Waals surface area contributed by atoms with Crippen molar-refractivity contribution in [3.05, 3.63) is 33.9 Å². The van der Waals surface area contributed by atoms with Crippen LogP contribution in [0.4, 0.5) is 11.4 Å². The van der Waals surface area contributed by atoms with E-state index in [0.717, 1.165) is 17.7 Å². The molecule has 0 radical (unpaired) electrons. The first kappa shape index (κ1) is 13.5. The van der Waals surface area contributed by atoms with Crippen LogP contribution in [0.5, 0.6) is 0 Å². The second-order valence-electron chi connectivity index (χ2n) is 4.99. The van der Waals surface area contributed by atoms with Crippen LogP contribution in [0.2, 0.25) is 0 Å². The highest BCUT2D eigenvalue weighted by molar-refractivity contribution is 5.54. The Morgan fingerprint density at radius 2 is 1.94 bits per heavy atom. The first-order valence-electron chi connectivity index (χ1n) is 5.91. The standard InChI is InChI=1S/C13H20N2O2/c1-9(2)5-11(4)14-12-6-10(3)7-13(8-12)15(16)17/h6-9,11,14H,5H2,1-4H3. The number of aryl methyl sites for hydroxylation is 1. The topological polar surface area (TPSA) is 55.2 Å². The quantitative estimate of drug-likeness (QED) is 0.625. The van der Waals surface area contributed by atoms with Gasteiger partial charge in [0, 0.05) is 23.9 Å². The molecule has 0 saturated carbocycles. The highest BCUT2D eigenvalue weighted by Gasteiger charge is 2.10. The van der Waals surface area contributed by atoms with E-state index in [1.165, 1.54) is 0 Å². The minimum atomic E-state index is -0.356. The van der Waals surface area contributed by atoms with Crippen molar-refractivity contribution in [3.8, 4) is 0 Å². The lowest BCUT2D eigenvalue weighted by Crippen LogP contribution is -2.17. The van der Waals surface area contributed by atoms with Gasteiger partial charge in [-0.3, -0.25) is 10.1 Å². The van der Waals surface area contributed by atoms with Crippen LogP contribution < -0.4 is 5.32 Å². The predicted octanol–water partition coefficient (Wildman–Crippen LogP) is 3.75. The van der Waals surface area contributed by atoms with Crippen molar-refractivity contribution < 1.29 is 4.92 Å². The van der Waals surface area contributed by atoms with E-state index in [9.17, 15) is 10.1 Å². The Labute approximate surface area is 102 Å². The number of nitrogens with one attached hydrogen (secondary N) is 1. The van der Waals surface area contributed by atoms with Gasteiger partial charge < -0.3 is 5.32 Å². The lowest BCUT2D eigenvalue weighted by atomic mass is 10.0. The average molecular weight is 236 g/mol. The molecule has 0 aromatic heterocycles. The zero-order chi connectivity index (χ0) is 13.0. The van der Waals surface area contributed by atoms with Crippen LogP contribution in [-0.2, 0) is 0 Å². The zero-order valence-corrected chi connectivity index (χ0v) is 10.9. The summed E-state index contributed by atoms with van der Waals surface area (Å²) in [4.78, 5) is 10.4. The van der Waals surface area contributed by atoms with E-state index in [1.54, 1.807) is 12.1 Å². The number of nitro groups is 1. The Balaban J connectivity index is 2.80. The number of hydrogen-bond acceptors (Lipinski definition) is 3. The molecule has 0 spiro atoms. The van der Waals surface area contributed by atoms with Crippen LogP contribution in [-0.4, -0.2) is 11.0 Å². The van der Waals surface area contributed by atoms with Gasteiger partial charge in [0.15, 0.2) is 0 Å². The van der Waals surface area contributed by atoms with E-state index in [1.807, 2.05) is 13.0 Å². The molecule has 1 N–H and O–H groups in total. The van der Waals surface area contributed by atoms with Gasteiger partial charge >= 0.3 is 0 Å². The van der Waals surface area contributed by atoms with Crippen molar-refractivity contribution in [2.75, 3.05) is 5.32 Å². The molecular weight excluding hydrogens is 216 g/mol. The molecule has 0 saturated heterocycles. The summed E-state index contributed by atoms with van der Waals surface area (Å²) in [6.07, 6.45) is 1.04. The van der Waals surface area contributed by atoms with Crippen LogP contribution in [0.25, 0.3) is 0 Å². The Kier molecular flexibility index (Phi) is 4.49. The van der Waals surface area contributed by atoms with Crippen LogP contribution in [0, 0.1) is 23.0 Å². The Hall–Kier alpha value is -1.58. The molecule has 0 aliphatic heterocycles. The molecule has 1 aromatic rings. The molecule has 1 atom stereocenters. The van der Waals surface area contributed by atoms with Gasteiger partial charge in [-0.15, -0.1) is 0 Å². The van der Waals surface area contributed by atoms with Gasteiger partial charge in [0.05, 0.1) is 4.92 Å². The van der Waals surface area contributed by atoms with Gasteiger partial charge in [-0.1, -0.05) is 13.8 Å². The minimum Gasteiger partial charge on any atom is -0.382 e. The number of hydrogen-bond donors (Lipinski definition) is 1. The summed E-state index contributed by atoms with van der Waals surface area (Å²) in [5.74, 6) is 0.609. The molecule has 1 rings (SSSR count). The second kappa shape index (κ2) is 5.66. The maximum absolute atomic E-state index is 10.7. The summed E-state index contributed by atoms with van der Waals surface area (Å²) < 4.78 is 0. The first-order valence-corrected chi connectivity index (χ1v) is 5.91. The maximum Gasteiger partial charge on any atom is 0.271 e. The van der Waals surface area contributed by atoms with Crippen molar-refractivity contribution in [2.24, 2.45) is 5.92 Å². The third-order valence-corrected chi connectivity index (χ3v) is 2.51. The highest BCUT2D eigenvalue weighted by Crippen LogP contribution is 2.22. The summed E-state index contributed by atoms with van der Waals surface area (Å²) in [5.41, 5.74) is 1.87. The van der Waals surface area contributed by atoms with Gasteiger partial charge in [-0.25, -0.2) is 0 Å². The number of nitrogens with zero attached hydrogens (tertiary/aromatic N) is 1. The molecule has 4 nitrogen and oxygen atoms in total. The fraction of sp³-hybridized carbons (Fsp3) is 0.538. The van der Waals surface area contributed by atoms with Gasteiger partial charge in [0.2, 0.25) is 0 Å². The summed E-state index contributed by atoms with van der Waals surface area (Å²) >= 11 is 0. The van der Waals surface area contributed by atoms with Gasteiger partial charge in [0.1, 0.15) is 0 Å². The Morgan fingerprint density at radius 3 is 2.47 bits per heavy atom. The normalized spacial score (nSPS) is 12.5. The monoisotopic (exact) mass is 236 g/mol. The van der Waals surface area contributed by atoms with E-state index in [-0.39, 0.29) is 10.6 Å². The van der Waals surface area contributed by atoms with Crippen molar-refractivity contribution in [3.63, 3.8) is 0 Å². The van der Waals surface area contributed by atoms with Gasteiger partial charge in [-0.2, -0.15) is 0 Å². The number of non-ortho nitro benzene ring substituents is 1. The molecule has 94 valence electrons. The number of nitro benzene ring substituents is 1. The molecule has 4 heteroatoms. The van der Waals surface area contributed by atoms with E-state index in [2.05, 4.69) is 26.1 Å². The third-order valence-electron chi connectivity index (χ3n) is 2.51. The number of anilines is 1. The Bertz CT molecular complexity index is 402. The SMILES string of the molecule is Cc1cc(NC(C)CC(C)C)cc([N+](=O)[O-])c1. The van der Waals surface area contributed by atoms with Crippen molar-refractivity contribution in [1.82, 2.24) is 0 Å². The smallest absolute Gasteiger partial charge is 0.271 e. The molecule has 0 amide bonds. The van der Waals surface area contributed by atoms with Crippen LogP contribution in [0.15, 0.2) is 18.2 Å². The fourth-order valence-electron chi connectivity index (χ4n) is 2.00. The minimum absolute atomic E-state index is 0.143. The third kappa shape index (κ3) is 4.43. The van der Waals surface area contributed by atoms with Crippen molar-refractivity contribution in [2.45, 2.75) is 40.2 Å². The zero-order valence-electron chi connectivity index (χ0n) is 10.9. The van der Waals surface area contributed by atoms with E-state index in [4.69, 9.17) is 0 Å². The largest absolute Gasteiger partial charge is 0.382 e. The predicted molar refractivity (Wildman–Crippen MR) is 70.4 cm³/mol. The second-order valence-corrected chi connectivity index (χ2v) is 4.99. The number of rotatable bonds is 5. The number of benzene rings is 1. The molecule has 17 heavy (non-hydrogen) atoms. The molecule has 1 aromatic carbocycles. The average Bonchev–Trinajstić information content (AvgIpc) is 2.14. The molecule has 0 heterocycles. The molecule has 0 fully saturated rings. The lowest BCUT2D eigenvalue weighted by Gasteiger charge is -2.17. The first-order chi connectivity index (χ1) is 7.88. The van der Waals surface area contributed by atoms with E-state index < -0.39 is 0 Å². The molecule has 1 unspecified atom stereocenters. The fourth-order valence-corrected chi connectivity index (χ4v) is 2.00. The summed E-state index contributed by atoms with van der Waals surface area (Å²) in [6, 6.07) is 5.42. The summed E-state index contributed by atoms with van der Waals surface area (Å²) in [7, 11) is 0. The van der Waals surface area contributed by atoms with Crippen LogP contribution in [0.3, 0.4) is 0 Å². The van der Waals surface area contributed by atoms with Crippen LogP contribution >= 0.6 is 0 Å². The van der Waals surface area contributed by atoms with Gasteiger partial charge in [0.25, 0.3) is 5.69 Å². The summed E-state index contributed by atoms with van der Waals surface area (Å²) in [5, 5.41) is 14.1.